The number of alkyl halides is 3. The van der Waals surface area contributed by atoms with Crippen LogP contribution in [0.2, 0.25) is 5.15 Å². The molecule has 0 unspecified atom stereocenters. The Hall–Kier alpha value is -1.83. The number of nitrogens with zero attached hydrogens (tertiary/aromatic N) is 3. The quantitative estimate of drug-likeness (QED) is 0.938. The van der Waals surface area contributed by atoms with Crippen molar-refractivity contribution in [2.75, 3.05) is 6.54 Å². The van der Waals surface area contributed by atoms with Gasteiger partial charge in [0.25, 0.3) is 0 Å². The molecule has 1 amide bonds. The highest BCUT2D eigenvalue weighted by Gasteiger charge is 2.27. The van der Waals surface area contributed by atoms with Crippen molar-refractivity contribution in [3.8, 4) is 0 Å². The summed E-state index contributed by atoms with van der Waals surface area (Å²) >= 11 is 5.67. The molecule has 0 saturated carbocycles. The number of rotatable bonds is 3. The van der Waals surface area contributed by atoms with Crippen LogP contribution in [0.25, 0.3) is 11.2 Å². The topological polar surface area (TPSA) is 59.8 Å². The van der Waals surface area contributed by atoms with E-state index >= 15 is 0 Å². The second-order valence-corrected chi connectivity index (χ2v) is 4.12. The number of aromatic nitrogens is 3. The molecule has 0 aliphatic carbocycles. The third-order valence-electron chi connectivity index (χ3n) is 2.24. The van der Waals surface area contributed by atoms with Gasteiger partial charge in [0.15, 0.2) is 5.65 Å². The molecule has 0 aliphatic heterocycles. The zero-order chi connectivity index (χ0) is 14.0. The third kappa shape index (κ3) is 3.57. The molecule has 0 saturated heterocycles. The molecule has 0 fully saturated rings. The molecule has 0 atom stereocenters. The van der Waals surface area contributed by atoms with Crippen LogP contribution in [-0.4, -0.2) is 33.2 Å². The second-order valence-electron chi connectivity index (χ2n) is 3.74. The monoisotopic (exact) mass is 292 g/mol. The van der Waals surface area contributed by atoms with Crippen molar-refractivity contribution in [3.63, 3.8) is 0 Å². The Morgan fingerprint density at radius 3 is 2.89 bits per heavy atom. The lowest BCUT2D eigenvalue weighted by atomic mass is 10.5. The van der Waals surface area contributed by atoms with Crippen LogP contribution < -0.4 is 5.32 Å². The van der Waals surface area contributed by atoms with E-state index in [-0.39, 0.29) is 11.7 Å². The average molecular weight is 293 g/mol. The molecule has 9 heteroatoms. The van der Waals surface area contributed by atoms with Crippen LogP contribution in [0.4, 0.5) is 13.2 Å². The first-order valence-electron chi connectivity index (χ1n) is 5.16. The summed E-state index contributed by atoms with van der Waals surface area (Å²) in [5.74, 6) is -0.767. The molecule has 102 valence electrons. The van der Waals surface area contributed by atoms with Gasteiger partial charge < -0.3 is 9.88 Å². The Labute approximate surface area is 110 Å². The predicted octanol–water partition coefficient (Wildman–Crippen LogP) is 1.76. The SMILES string of the molecule is O=C(Cn1ccc2ncc(Cl)nc21)NCC(F)(F)F. The van der Waals surface area contributed by atoms with Crippen molar-refractivity contribution in [1.82, 2.24) is 19.9 Å². The fraction of sp³-hybridized carbons (Fsp3) is 0.300. The summed E-state index contributed by atoms with van der Waals surface area (Å²) in [7, 11) is 0. The maximum absolute atomic E-state index is 11.9. The summed E-state index contributed by atoms with van der Waals surface area (Å²) in [5.41, 5.74) is 0.850. The van der Waals surface area contributed by atoms with E-state index in [0.717, 1.165) is 0 Å². The Bertz CT molecular complexity index is 610. The molecule has 2 aromatic rings. The minimum Gasteiger partial charge on any atom is -0.345 e. The molecule has 2 rings (SSSR count). The Kier molecular flexibility index (Phi) is 3.61. The molecular formula is C10H8ClF3N4O. The van der Waals surface area contributed by atoms with Gasteiger partial charge in [0.1, 0.15) is 23.8 Å². The molecule has 19 heavy (non-hydrogen) atoms. The van der Waals surface area contributed by atoms with Crippen molar-refractivity contribution < 1.29 is 18.0 Å². The first-order valence-corrected chi connectivity index (χ1v) is 5.54. The second kappa shape index (κ2) is 5.04. The van der Waals surface area contributed by atoms with Gasteiger partial charge in [0, 0.05) is 6.20 Å². The van der Waals surface area contributed by atoms with E-state index in [1.165, 1.54) is 17.0 Å². The van der Waals surface area contributed by atoms with Gasteiger partial charge in [-0.2, -0.15) is 13.2 Å². The van der Waals surface area contributed by atoms with Crippen LogP contribution in [0.1, 0.15) is 0 Å². The highest BCUT2D eigenvalue weighted by molar-refractivity contribution is 6.29. The number of hydrogen-bond acceptors (Lipinski definition) is 3. The first kappa shape index (κ1) is 13.6. The number of hydrogen-bond donors (Lipinski definition) is 1. The van der Waals surface area contributed by atoms with Crippen LogP contribution >= 0.6 is 11.6 Å². The van der Waals surface area contributed by atoms with E-state index in [4.69, 9.17) is 11.6 Å². The molecule has 0 bridgehead atoms. The van der Waals surface area contributed by atoms with E-state index in [0.29, 0.717) is 11.2 Å². The molecule has 0 radical (unpaired) electrons. The molecule has 0 spiro atoms. The van der Waals surface area contributed by atoms with Crippen molar-refractivity contribution in [3.05, 3.63) is 23.6 Å². The zero-order valence-electron chi connectivity index (χ0n) is 9.41. The zero-order valence-corrected chi connectivity index (χ0v) is 10.2. The van der Waals surface area contributed by atoms with Gasteiger partial charge in [-0.3, -0.25) is 4.79 Å². The summed E-state index contributed by atoms with van der Waals surface area (Å²) in [6.45, 7) is -1.65. The van der Waals surface area contributed by atoms with Gasteiger partial charge in [-0.15, -0.1) is 0 Å². The fourth-order valence-electron chi connectivity index (χ4n) is 1.46. The van der Waals surface area contributed by atoms with Crippen LogP contribution in [0.15, 0.2) is 18.5 Å². The lowest BCUT2D eigenvalue weighted by Gasteiger charge is -2.09. The number of fused-ring (bicyclic) bond motifs is 1. The van der Waals surface area contributed by atoms with Crippen LogP contribution in [0, 0.1) is 0 Å². The van der Waals surface area contributed by atoms with Gasteiger partial charge in [-0.25, -0.2) is 9.97 Å². The molecular weight excluding hydrogens is 285 g/mol. The summed E-state index contributed by atoms with van der Waals surface area (Å²) in [6.07, 6.45) is -1.58. The summed E-state index contributed by atoms with van der Waals surface area (Å²) < 4.78 is 37.2. The Morgan fingerprint density at radius 1 is 1.47 bits per heavy atom. The highest BCUT2D eigenvalue weighted by Crippen LogP contribution is 2.14. The van der Waals surface area contributed by atoms with Gasteiger partial charge in [-0.1, -0.05) is 11.6 Å². The van der Waals surface area contributed by atoms with Crippen molar-refractivity contribution >= 4 is 28.7 Å². The molecule has 1 N–H and O–H groups in total. The van der Waals surface area contributed by atoms with Crippen LogP contribution in [0.5, 0.6) is 0 Å². The summed E-state index contributed by atoms with van der Waals surface area (Å²) in [4.78, 5) is 19.3. The van der Waals surface area contributed by atoms with Gasteiger partial charge in [0.05, 0.1) is 6.20 Å². The number of amides is 1. The van der Waals surface area contributed by atoms with E-state index in [1.807, 2.05) is 0 Å². The van der Waals surface area contributed by atoms with Crippen molar-refractivity contribution in [2.24, 2.45) is 0 Å². The number of carbonyl (C=O) groups is 1. The van der Waals surface area contributed by atoms with Crippen LogP contribution in [0.3, 0.4) is 0 Å². The summed E-state index contributed by atoms with van der Waals surface area (Å²) in [5, 5.41) is 1.92. The van der Waals surface area contributed by atoms with E-state index in [1.54, 1.807) is 11.4 Å². The third-order valence-corrected chi connectivity index (χ3v) is 2.42. The Balaban J connectivity index is 2.09. The number of carbonyl (C=O) groups excluding carboxylic acids is 1. The predicted molar refractivity (Wildman–Crippen MR) is 61.6 cm³/mol. The minimum absolute atomic E-state index is 0.142. The number of nitrogens with one attached hydrogen (secondary N) is 1. The highest BCUT2D eigenvalue weighted by atomic mass is 35.5. The largest absolute Gasteiger partial charge is 0.405 e. The maximum Gasteiger partial charge on any atom is 0.405 e. The van der Waals surface area contributed by atoms with Gasteiger partial charge in [0.2, 0.25) is 5.91 Å². The van der Waals surface area contributed by atoms with Gasteiger partial charge in [-0.05, 0) is 6.07 Å². The minimum atomic E-state index is -4.43. The molecule has 0 aromatic carbocycles. The molecule has 5 nitrogen and oxygen atoms in total. The smallest absolute Gasteiger partial charge is 0.345 e. The van der Waals surface area contributed by atoms with Crippen molar-refractivity contribution in [2.45, 2.75) is 12.7 Å². The average Bonchev–Trinajstić information content (AvgIpc) is 2.68. The van der Waals surface area contributed by atoms with E-state index in [9.17, 15) is 18.0 Å². The number of halogens is 4. The van der Waals surface area contributed by atoms with Gasteiger partial charge >= 0.3 is 6.18 Å². The van der Waals surface area contributed by atoms with E-state index in [2.05, 4.69) is 9.97 Å². The fourth-order valence-corrected chi connectivity index (χ4v) is 1.59. The molecule has 2 heterocycles. The lowest BCUT2D eigenvalue weighted by molar-refractivity contribution is -0.138. The lowest BCUT2D eigenvalue weighted by Crippen LogP contribution is -2.35. The summed E-state index contributed by atoms with van der Waals surface area (Å²) in [6, 6.07) is 1.59. The molecule has 0 aliphatic rings. The van der Waals surface area contributed by atoms with Crippen LogP contribution in [-0.2, 0) is 11.3 Å². The first-order chi connectivity index (χ1) is 8.85. The maximum atomic E-state index is 11.9. The van der Waals surface area contributed by atoms with Crippen molar-refractivity contribution in [1.29, 1.82) is 0 Å². The van der Waals surface area contributed by atoms with E-state index < -0.39 is 18.6 Å². The molecule has 2 aromatic heterocycles. The normalized spacial score (nSPS) is 11.8. The Morgan fingerprint density at radius 2 is 2.21 bits per heavy atom. The standard InChI is InChI=1S/C10H8ClF3N4O/c11-7-3-15-6-1-2-18(9(6)17-7)4-8(19)16-5-10(12,13)14/h1-3H,4-5H2,(H,16,19).